The second-order valence-electron chi connectivity index (χ2n) is 4.34. The standard InChI is InChI=1S/C13H14ClNO3/c1-8-6-12(16)15(13(8)17)7-9-10(14)4-3-5-11(9)18-2/h3-5,8H,6-7H2,1-2H3/t8-/m1/s1. The molecule has 4 nitrogen and oxygen atoms in total. The van der Waals surface area contributed by atoms with Crippen LogP contribution >= 0.6 is 11.6 Å². The average molecular weight is 268 g/mol. The van der Waals surface area contributed by atoms with Gasteiger partial charge < -0.3 is 4.74 Å². The van der Waals surface area contributed by atoms with Crippen LogP contribution in [0.4, 0.5) is 0 Å². The Morgan fingerprint density at radius 1 is 1.44 bits per heavy atom. The van der Waals surface area contributed by atoms with Crippen molar-refractivity contribution in [3.63, 3.8) is 0 Å². The molecule has 0 aromatic heterocycles. The quantitative estimate of drug-likeness (QED) is 0.789. The molecule has 5 heteroatoms. The van der Waals surface area contributed by atoms with E-state index in [1.54, 1.807) is 25.1 Å². The molecule has 18 heavy (non-hydrogen) atoms. The van der Waals surface area contributed by atoms with E-state index in [9.17, 15) is 9.59 Å². The van der Waals surface area contributed by atoms with Crippen molar-refractivity contribution in [1.82, 2.24) is 4.90 Å². The molecule has 0 radical (unpaired) electrons. The fraction of sp³-hybridized carbons (Fsp3) is 0.385. The highest BCUT2D eigenvalue weighted by atomic mass is 35.5. The van der Waals surface area contributed by atoms with Gasteiger partial charge in [0.2, 0.25) is 11.8 Å². The molecule has 1 aliphatic heterocycles. The summed E-state index contributed by atoms with van der Waals surface area (Å²) in [6.07, 6.45) is 0.269. The van der Waals surface area contributed by atoms with Gasteiger partial charge >= 0.3 is 0 Å². The first-order valence-electron chi connectivity index (χ1n) is 5.70. The molecule has 2 amide bonds. The Morgan fingerprint density at radius 2 is 2.17 bits per heavy atom. The van der Waals surface area contributed by atoms with Crippen LogP contribution in [-0.4, -0.2) is 23.8 Å². The Morgan fingerprint density at radius 3 is 2.72 bits per heavy atom. The maximum absolute atomic E-state index is 11.9. The van der Waals surface area contributed by atoms with E-state index in [1.807, 2.05) is 0 Å². The van der Waals surface area contributed by atoms with Gasteiger partial charge in [-0.05, 0) is 12.1 Å². The van der Waals surface area contributed by atoms with E-state index in [1.165, 1.54) is 12.0 Å². The highest BCUT2D eigenvalue weighted by Gasteiger charge is 2.36. The van der Waals surface area contributed by atoms with Gasteiger partial charge in [0.25, 0.3) is 0 Å². The summed E-state index contributed by atoms with van der Waals surface area (Å²) in [6, 6.07) is 5.24. The number of halogens is 1. The molecule has 0 unspecified atom stereocenters. The van der Waals surface area contributed by atoms with Gasteiger partial charge in [-0.25, -0.2) is 0 Å². The first kappa shape index (κ1) is 12.9. The SMILES string of the molecule is COc1cccc(Cl)c1CN1C(=O)C[C@@H](C)C1=O. The van der Waals surface area contributed by atoms with Gasteiger partial charge in [0.1, 0.15) is 5.75 Å². The topological polar surface area (TPSA) is 46.6 Å². The van der Waals surface area contributed by atoms with E-state index in [4.69, 9.17) is 16.3 Å². The molecule has 0 saturated carbocycles. The minimum Gasteiger partial charge on any atom is -0.496 e. The lowest BCUT2D eigenvalue weighted by molar-refractivity contribution is -0.139. The van der Waals surface area contributed by atoms with Gasteiger partial charge in [-0.15, -0.1) is 0 Å². The third-order valence-corrected chi connectivity index (χ3v) is 3.44. The number of ether oxygens (including phenoxy) is 1. The molecule has 1 fully saturated rings. The number of likely N-dealkylation sites (tertiary alicyclic amines) is 1. The Bertz CT molecular complexity index is 501. The van der Waals surface area contributed by atoms with E-state index in [-0.39, 0.29) is 30.7 Å². The van der Waals surface area contributed by atoms with Gasteiger partial charge in [0.15, 0.2) is 0 Å². The first-order chi connectivity index (χ1) is 8.54. The van der Waals surface area contributed by atoms with Crippen LogP contribution in [0.5, 0.6) is 5.75 Å². The molecule has 2 rings (SSSR count). The van der Waals surface area contributed by atoms with E-state index in [0.717, 1.165) is 0 Å². The van der Waals surface area contributed by atoms with Crippen molar-refractivity contribution < 1.29 is 14.3 Å². The van der Waals surface area contributed by atoms with Crippen LogP contribution in [0.1, 0.15) is 18.9 Å². The summed E-state index contributed by atoms with van der Waals surface area (Å²) < 4.78 is 5.20. The van der Waals surface area contributed by atoms with Crippen molar-refractivity contribution in [2.75, 3.05) is 7.11 Å². The molecule has 0 bridgehead atoms. The molecule has 1 aromatic rings. The van der Waals surface area contributed by atoms with Gasteiger partial charge in [0, 0.05) is 22.9 Å². The minimum absolute atomic E-state index is 0.151. The van der Waals surface area contributed by atoms with Crippen LogP contribution in [0.25, 0.3) is 0 Å². The predicted octanol–water partition coefficient (Wildman–Crippen LogP) is 2.24. The van der Waals surface area contributed by atoms with Crippen LogP contribution in [0.3, 0.4) is 0 Å². The van der Waals surface area contributed by atoms with Crippen molar-refractivity contribution in [3.8, 4) is 5.75 Å². The Labute approximate surface area is 110 Å². The number of amides is 2. The van der Waals surface area contributed by atoms with Gasteiger partial charge in [-0.3, -0.25) is 14.5 Å². The average Bonchev–Trinajstić information content (AvgIpc) is 2.58. The number of benzene rings is 1. The Kier molecular flexibility index (Phi) is 3.57. The van der Waals surface area contributed by atoms with Crippen molar-refractivity contribution in [2.24, 2.45) is 5.92 Å². The van der Waals surface area contributed by atoms with Crippen molar-refractivity contribution in [1.29, 1.82) is 0 Å². The Balaban J connectivity index is 2.29. The lowest BCUT2D eigenvalue weighted by Crippen LogP contribution is -2.30. The summed E-state index contributed by atoms with van der Waals surface area (Å²) in [5.41, 5.74) is 0.664. The van der Waals surface area contributed by atoms with Crippen molar-refractivity contribution in [2.45, 2.75) is 19.9 Å². The molecular weight excluding hydrogens is 254 g/mol. The van der Waals surface area contributed by atoms with E-state index in [2.05, 4.69) is 0 Å². The lowest BCUT2D eigenvalue weighted by Gasteiger charge is -2.17. The summed E-state index contributed by atoms with van der Waals surface area (Å²) in [5.74, 6) is 0.0325. The normalized spacial score (nSPS) is 19.5. The van der Waals surface area contributed by atoms with E-state index >= 15 is 0 Å². The molecule has 96 valence electrons. The summed E-state index contributed by atoms with van der Waals surface area (Å²) in [5, 5.41) is 0.495. The second-order valence-corrected chi connectivity index (χ2v) is 4.75. The smallest absolute Gasteiger partial charge is 0.232 e. The van der Waals surface area contributed by atoms with Crippen LogP contribution in [0, 0.1) is 5.92 Å². The molecule has 0 aliphatic carbocycles. The number of hydrogen-bond acceptors (Lipinski definition) is 3. The summed E-state index contributed by atoms with van der Waals surface area (Å²) in [4.78, 5) is 24.8. The Hall–Kier alpha value is -1.55. The number of nitrogens with zero attached hydrogens (tertiary/aromatic N) is 1. The largest absolute Gasteiger partial charge is 0.496 e. The zero-order valence-corrected chi connectivity index (χ0v) is 11.0. The fourth-order valence-corrected chi connectivity index (χ4v) is 2.28. The van der Waals surface area contributed by atoms with Gasteiger partial charge in [-0.1, -0.05) is 24.6 Å². The van der Waals surface area contributed by atoms with Crippen molar-refractivity contribution >= 4 is 23.4 Å². The number of methoxy groups -OCH3 is 1. The molecule has 1 aromatic carbocycles. The van der Waals surface area contributed by atoms with Gasteiger partial charge in [0.05, 0.1) is 13.7 Å². The summed E-state index contributed by atoms with van der Waals surface area (Å²) >= 11 is 6.09. The van der Waals surface area contributed by atoms with Gasteiger partial charge in [-0.2, -0.15) is 0 Å². The number of imide groups is 1. The maximum atomic E-state index is 11.9. The summed E-state index contributed by atoms with van der Waals surface area (Å²) in [7, 11) is 1.53. The van der Waals surface area contributed by atoms with E-state index in [0.29, 0.717) is 16.3 Å². The highest BCUT2D eigenvalue weighted by Crippen LogP contribution is 2.30. The zero-order valence-electron chi connectivity index (χ0n) is 10.3. The predicted molar refractivity (Wildman–Crippen MR) is 67.3 cm³/mol. The lowest BCUT2D eigenvalue weighted by atomic mass is 10.1. The molecule has 0 N–H and O–H groups in total. The minimum atomic E-state index is -0.244. The van der Waals surface area contributed by atoms with Crippen LogP contribution < -0.4 is 4.74 Å². The monoisotopic (exact) mass is 267 g/mol. The number of hydrogen-bond donors (Lipinski definition) is 0. The van der Waals surface area contributed by atoms with Crippen LogP contribution in [-0.2, 0) is 16.1 Å². The maximum Gasteiger partial charge on any atom is 0.232 e. The number of carbonyl (C=O) groups excluding carboxylic acids is 2. The number of carbonyl (C=O) groups is 2. The van der Waals surface area contributed by atoms with Crippen molar-refractivity contribution in [3.05, 3.63) is 28.8 Å². The summed E-state index contributed by atoms with van der Waals surface area (Å²) in [6.45, 7) is 1.93. The van der Waals surface area contributed by atoms with Crippen LogP contribution in [0.2, 0.25) is 5.02 Å². The second kappa shape index (κ2) is 4.98. The van der Waals surface area contributed by atoms with E-state index < -0.39 is 0 Å². The van der Waals surface area contributed by atoms with Crippen LogP contribution in [0.15, 0.2) is 18.2 Å². The fourth-order valence-electron chi connectivity index (χ4n) is 2.06. The molecule has 1 aliphatic rings. The highest BCUT2D eigenvalue weighted by molar-refractivity contribution is 6.31. The third kappa shape index (κ3) is 2.20. The molecule has 0 spiro atoms. The zero-order chi connectivity index (χ0) is 13.3. The molecule has 1 atom stereocenters. The first-order valence-corrected chi connectivity index (χ1v) is 6.08. The third-order valence-electron chi connectivity index (χ3n) is 3.08. The number of rotatable bonds is 3. The molecule has 1 heterocycles. The molecular formula is C13H14ClNO3. The molecule has 1 saturated heterocycles.